The Kier molecular flexibility index (Phi) is 10.4. The number of hydrazine groups is 1. The van der Waals surface area contributed by atoms with Crippen molar-refractivity contribution in [2.75, 3.05) is 32.8 Å². The minimum atomic E-state index is -4.48. The van der Waals surface area contributed by atoms with Gasteiger partial charge in [-0.25, -0.2) is 5.01 Å². The van der Waals surface area contributed by atoms with Crippen LogP contribution in [0.5, 0.6) is 0 Å². The van der Waals surface area contributed by atoms with Gasteiger partial charge in [-0.3, -0.25) is 15.0 Å². The third kappa shape index (κ3) is 8.13. The molecule has 0 radical (unpaired) electrons. The molecule has 0 bridgehead atoms. The second-order valence-corrected chi connectivity index (χ2v) is 8.49. The number of hydrogen-bond donors (Lipinski definition) is 3. The van der Waals surface area contributed by atoms with Gasteiger partial charge in [0.05, 0.1) is 18.8 Å². The van der Waals surface area contributed by atoms with Crippen molar-refractivity contribution >= 4 is 24.2 Å². The minimum Gasteiger partial charge on any atom is -0.379 e. The Hall–Kier alpha value is -1.88. The molecule has 3 rings (SSSR count). The first-order valence-electron chi connectivity index (χ1n) is 11.1. The predicted octanol–water partition coefficient (Wildman–Crippen LogP) is 2.28. The maximum atomic E-state index is 13.1. The number of morpholine rings is 1. The lowest BCUT2D eigenvalue weighted by Crippen LogP contribution is -2.56. The monoisotopic (exact) mass is 492 g/mol. The van der Waals surface area contributed by atoms with Gasteiger partial charge in [0.2, 0.25) is 5.91 Å². The van der Waals surface area contributed by atoms with Crippen LogP contribution in [0.1, 0.15) is 36.8 Å². The van der Waals surface area contributed by atoms with Gasteiger partial charge in [-0.05, 0) is 49.8 Å². The van der Waals surface area contributed by atoms with E-state index in [9.17, 15) is 22.8 Å². The highest BCUT2D eigenvalue weighted by molar-refractivity contribution is 5.88. The lowest BCUT2D eigenvalue weighted by atomic mass is 9.81. The average Bonchev–Trinajstić information content (AvgIpc) is 2.79. The van der Waals surface area contributed by atoms with Gasteiger partial charge in [0.15, 0.2) is 0 Å². The molecule has 7 nitrogen and oxygen atoms in total. The maximum Gasteiger partial charge on any atom is 0.416 e. The Morgan fingerprint density at radius 3 is 2.42 bits per heavy atom. The number of ether oxygens (including phenoxy) is 1. The number of nitrogens with one attached hydrogen (secondary N) is 2. The van der Waals surface area contributed by atoms with Gasteiger partial charge in [0.1, 0.15) is 6.04 Å². The van der Waals surface area contributed by atoms with Gasteiger partial charge in [-0.2, -0.15) is 13.2 Å². The van der Waals surface area contributed by atoms with Gasteiger partial charge in [0.25, 0.3) is 5.91 Å². The molecule has 33 heavy (non-hydrogen) atoms. The summed E-state index contributed by atoms with van der Waals surface area (Å²) < 4.78 is 44.6. The highest BCUT2D eigenvalue weighted by Gasteiger charge is 2.32. The molecule has 1 aliphatic heterocycles. The number of amides is 2. The normalized spacial score (nSPS) is 22.7. The third-order valence-corrected chi connectivity index (χ3v) is 6.16. The number of halogens is 4. The van der Waals surface area contributed by atoms with E-state index in [0.717, 1.165) is 25.0 Å². The van der Waals surface area contributed by atoms with Crippen LogP contribution in [0.15, 0.2) is 24.3 Å². The van der Waals surface area contributed by atoms with E-state index in [2.05, 4.69) is 10.7 Å². The first-order valence-corrected chi connectivity index (χ1v) is 11.1. The number of hydrogen-bond acceptors (Lipinski definition) is 5. The highest BCUT2D eigenvalue weighted by Crippen LogP contribution is 2.30. The fraction of sp³-hybridized carbons (Fsp3) is 0.636. The van der Waals surface area contributed by atoms with Crippen LogP contribution >= 0.6 is 12.4 Å². The van der Waals surface area contributed by atoms with E-state index in [1.165, 1.54) is 12.1 Å². The Bertz CT molecular complexity index is 782. The molecular weight excluding hydrogens is 461 g/mol. The van der Waals surface area contributed by atoms with Crippen LogP contribution in [0.2, 0.25) is 0 Å². The quantitative estimate of drug-likeness (QED) is 0.542. The topological polar surface area (TPSA) is 96.7 Å². The predicted molar refractivity (Wildman–Crippen MR) is 119 cm³/mol. The minimum absolute atomic E-state index is 0. The number of carbonyl (C=O) groups is 2. The van der Waals surface area contributed by atoms with E-state index < -0.39 is 23.7 Å². The molecule has 2 aliphatic rings. The Morgan fingerprint density at radius 1 is 1.15 bits per heavy atom. The largest absolute Gasteiger partial charge is 0.416 e. The van der Waals surface area contributed by atoms with Crippen LogP contribution in [0.25, 0.3) is 0 Å². The first kappa shape index (κ1) is 27.4. The molecule has 1 heterocycles. The Morgan fingerprint density at radius 2 is 1.82 bits per heavy atom. The summed E-state index contributed by atoms with van der Waals surface area (Å²) in [5.74, 6) is -0.509. The summed E-state index contributed by atoms with van der Waals surface area (Å²) in [6.45, 7) is 2.53. The number of alkyl halides is 3. The van der Waals surface area contributed by atoms with Gasteiger partial charge in [-0.1, -0.05) is 18.2 Å². The van der Waals surface area contributed by atoms with Crippen molar-refractivity contribution in [1.29, 1.82) is 0 Å². The van der Waals surface area contributed by atoms with E-state index >= 15 is 0 Å². The number of rotatable bonds is 7. The molecule has 11 heteroatoms. The molecule has 1 aromatic carbocycles. The molecule has 1 saturated carbocycles. The number of nitrogens with zero attached hydrogens (tertiary/aromatic N) is 1. The standard InChI is InChI=1S/C22H31F3N4O3.ClH/c23-22(24,25)18-3-1-2-16(12-18)13-19(21(31)28-29-8-10-32-11-9-29)27-20(30)17-6-4-15(14-26)5-7-17;/h1-3,12,15,17,19H,4-11,13-14,26H2,(H,27,30)(H,28,31);1H. The zero-order valence-electron chi connectivity index (χ0n) is 18.4. The number of benzene rings is 1. The summed E-state index contributed by atoms with van der Waals surface area (Å²) >= 11 is 0. The lowest BCUT2D eigenvalue weighted by Gasteiger charge is -2.31. The van der Waals surface area contributed by atoms with Crippen molar-refractivity contribution in [3.63, 3.8) is 0 Å². The van der Waals surface area contributed by atoms with E-state index in [1.807, 2.05) is 0 Å². The molecule has 0 spiro atoms. The van der Waals surface area contributed by atoms with E-state index in [4.69, 9.17) is 10.5 Å². The summed E-state index contributed by atoms with van der Waals surface area (Å²) in [5, 5.41) is 4.49. The molecule has 1 saturated heterocycles. The van der Waals surface area contributed by atoms with Crippen molar-refractivity contribution in [3.8, 4) is 0 Å². The molecule has 4 N–H and O–H groups in total. The Balaban J connectivity index is 0.00000385. The molecule has 186 valence electrons. The van der Waals surface area contributed by atoms with Crippen molar-refractivity contribution in [1.82, 2.24) is 15.8 Å². The fourth-order valence-electron chi connectivity index (χ4n) is 4.18. The second kappa shape index (κ2) is 12.5. The molecule has 2 fully saturated rings. The summed E-state index contributed by atoms with van der Waals surface area (Å²) in [5.41, 5.74) is 8.03. The van der Waals surface area contributed by atoms with E-state index in [0.29, 0.717) is 57.2 Å². The summed E-state index contributed by atoms with van der Waals surface area (Å²) in [6.07, 6.45) is -1.43. The molecule has 1 aliphatic carbocycles. The van der Waals surface area contributed by atoms with Crippen molar-refractivity contribution in [2.45, 2.75) is 44.3 Å². The number of nitrogens with two attached hydrogens (primary N) is 1. The first-order chi connectivity index (χ1) is 15.3. The SMILES string of the molecule is Cl.NCC1CCC(C(=O)NC(Cc2cccc(C(F)(F)F)c2)C(=O)NN2CCOCC2)CC1. The molecule has 0 aromatic heterocycles. The zero-order chi connectivity index (χ0) is 23.1. The van der Waals surface area contributed by atoms with Gasteiger partial charge in [-0.15, -0.1) is 12.4 Å². The van der Waals surface area contributed by atoms with Crippen molar-refractivity contribution in [3.05, 3.63) is 35.4 Å². The van der Waals surface area contributed by atoms with Crippen molar-refractivity contribution < 1.29 is 27.5 Å². The van der Waals surface area contributed by atoms with Crippen LogP contribution in [-0.4, -0.2) is 55.7 Å². The third-order valence-electron chi connectivity index (χ3n) is 6.16. The Labute approximate surface area is 198 Å². The van der Waals surface area contributed by atoms with Gasteiger partial charge >= 0.3 is 6.18 Å². The van der Waals surface area contributed by atoms with Crippen LogP contribution in [0.3, 0.4) is 0 Å². The fourth-order valence-corrected chi connectivity index (χ4v) is 4.18. The lowest BCUT2D eigenvalue weighted by molar-refractivity contribution is -0.137. The van der Waals surface area contributed by atoms with Crippen LogP contribution in [0, 0.1) is 11.8 Å². The average molecular weight is 493 g/mol. The molecule has 2 amide bonds. The molecule has 1 aromatic rings. The van der Waals surface area contributed by atoms with E-state index in [-0.39, 0.29) is 30.7 Å². The van der Waals surface area contributed by atoms with Gasteiger partial charge in [0, 0.05) is 25.4 Å². The zero-order valence-corrected chi connectivity index (χ0v) is 19.2. The molecule has 1 unspecified atom stereocenters. The van der Waals surface area contributed by atoms with E-state index in [1.54, 1.807) is 5.01 Å². The van der Waals surface area contributed by atoms with Crippen molar-refractivity contribution in [2.24, 2.45) is 17.6 Å². The summed E-state index contributed by atoms with van der Waals surface area (Å²) in [7, 11) is 0. The summed E-state index contributed by atoms with van der Waals surface area (Å²) in [6, 6.07) is 3.86. The van der Waals surface area contributed by atoms with Crippen LogP contribution < -0.4 is 16.5 Å². The second-order valence-electron chi connectivity index (χ2n) is 8.49. The van der Waals surface area contributed by atoms with Crippen LogP contribution in [-0.2, 0) is 26.9 Å². The molecule has 1 atom stereocenters. The maximum absolute atomic E-state index is 13.1. The van der Waals surface area contributed by atoms with Gasteiger partial charge < -0.3 is 15.8 Å². The summed E-state index contributed by atoms with van der Waals surface area (Å²) in [4.78, 5) is 25.8. The number of carbonyl (C=O) groups excluding carboxylic acids is 2. The highest BCUT2D eigenvalue weighted by atomic mass is 35.5. The molecular formula is C22H32ClF3N4O3. The van der Waals surface area contributed by atoms with Crippen LogP contribution in [0.4, 0.5) is 13.2 Å². The smallest absolute Gasteiger partial charge is 0.379 e.